The van der Waals surface area contributed by atoms with Gasteiger partial charge in [0, 0.05) is 32.9 Å². The van der Waals surface area contributed by atoms with Gasteiger partial charge >= 0.3 is 6.03 Å². The lowest BCUT2D eigenvalue weighted by molar-refractivity contribution is 0.197. The molecular formula is C13H25N5O. The number of amides is 2. The van der Waals surface area contributed by atoms with E-state index in [1.165, 1.54) is 0 Å². The van der Waals surface area contributed by atoms with Crippen molar-refractivity contribution in [2.24, 2.45) is 13.0 Å². The van der Waals surface area contributed by atoms with E-state index in [0.717, 1.165) is 25.3 Å². The van der Waals surface area contributed by atoms with Crippen LogP contribution in [0.2, 0.25) is 0 Å². The fraction of sp³-hybridized carbons (Fsp3) is 0.692. The van der Waals surface area contributed by atoms with Crippen LogP contribution in [0.15, 0.2) is 12.4 Å². The van der Waals surface area contributed by atoms with Crippen LogP contribution in [-0.4, -0.2) is 59.3 Å². The van der Waals surface area contributed by atoms with Gasteiger partial charge in [-0.25, -0.2) is 4.79 Å². The monoisotopic (exact) mass is 267 g/mol. The van der Waals surface area contributed by atoms with Gasteiger partial charge in [-0.3, -0.25) is 4.68 Å². The third kappa shape index (κ3) is 5.74. The summed E-state index contributed by atoms with van der Waals surface area (Å²) in [6.45, 7) is 6.55. The van der Waals surface area contributed by atoms with E-state index in [1.807, 2.05) is 26.0 Å². The quantitative estimate of drug-likeness (QED) is 0.849. The minimum Gasteiger partial charge on any atom is -0.323 e. The molecule has 1 aromatic rings. The first-order valence-corrected chi connectivity index (χ1v) is 6.57. The number of anilines is 1. The molecule has 108 valence electrons. The van der Waals surface area contributed by atoms with Crippen molar-refractivity contribution in [1.82, 2.24) is 19.6 Å². The zero-order valence-corrected chi connectivity index (χ0v) is 12.6. The van der Waals surface area contributed by atoms with E-state index in [2.05, 4.69) is 29.2 Å². The Kier molecular flexibility index (Phi) is 5.82. The van der Waals surface area contributed by atoms with Gasteiger partial charge in [-0.1, -0.05) is 13.8 Å². The molecule has 1 aromatic heterocycles. The summed E-state index contributed by atoms with van der Waals surface area (Å²) >= 11 is 0. The van der Waals surface area contributed by atoms with Crippen LogP contribution < -0.4 is 5.32 Å². The Bertz CT molecular complexity index is 399. The highest BCUT2D eigenvalue weighted by Gasteiger charge is 2.15. The van der Waals surface area contributed by atoms with E-state index in [0.29, 0.717) is 5.92 Å². The van der Waals surface area contributed by atoms with Crippen LogP contribution in [0.3, 0.4) is 0 Å². The van der Waals surface area contributed by atoms with Crippen LogP contribution in [0.25, 0.3) is 0 Å². The number of aromatic nitrogens is 2. The van der Waals surface area contributed by atoms with E-state index in [9.17, 15) is 4.79 Å². The van der Waals surface area contributed by atoms with Crippen LogP contribution >= 0.6 is 0 Å². The van der Waals surface area contributed by atoms with E-state index in [1.54, 1.807) is 17.1 Å². The summed E-state index contributed by atoms with van der Waals surface area (Å²) in [6, 6.07) is -0.0662. The predicted molar refractivity (Wildman–Crippen MR) is 77.2 cm³/mol. The van der Waals surface area contributed by atoms with E-state index >= 15 is 0 Å². The largest absolute Gasteiger partial charge is 0.323 e. The summed E-state index contributed by atoms with van der Waals surface area (Å²) in [5, 5.41) is 6.92. The molecule has 1 heterocycles. The van der Waals surface area contributed by atoms with Crippen LogP contribution in [0.4, 0.5) is 10.5 Å². The van der Waals surface area contributed by atoms with Crippen molar-refractivity contribution in [2.75, 3.05) is 39.0 Å². The number of hydrogen-bond donors (Lipinski definition) is 1. The first-order valence-electron chi connectivity index (χ1n) is 6.57. The number of nitrogens with zero attached hydrogens (tertiary/aromatic N) is 4. The van der Waals surface area contributed by atoms with Gasteiger partial charge in [0.1, 0.15) is 0 Å². The molecule has 0 aromatic carbocycles. The van der Waals surface area contributed by atoms with Crippen molar-refractivity contribution in [3.8, 4) is 0 Å². The zero-order valence-electron chi connectivity index (χ0n) is 12.6. The van der Waals surface area contributed by atoms with E-state index in [4.69, 9.17) is 0 Å². The van der Waals surface area contributed by atoms with Gasteiger partial charge in [0.15, 0.2) is 0 Å². The number of rotatable bonds is 6. The molecule has 1 N–H and O–H groups in total. The Hall–Kier alpha value is -1.56. The summed E-state index contributed by atoms with van der Waals surface area (Å²) in [5.41, 5.74) is 0.728. The predicted octanol–water partition coefficient (Wildman–Crippen LogP) is 1.47. The smallest absolute Gasteiger partial charge is 0.321 e. The van der Waals surface area contributed by atoms with Gasteiger partial charge in [-0.15, -0.1) is 0 Å². The van der Waals surface area contributed by atoms with Gasteiger partial charge in [-0.2, -0.15) is 5.10 Å². The fourth-order valence-electron chi connectivity index (χ4n) is 1.73. The van der Waals surface area contributed by atoms with Crippen LogP contribution in [0.1, 0.15) is 13.8 Å². The number of carbonyl (C=O) groups excluding carboxylic acids is 1. The van der Waals surface area contributed by atoms with Gasteiger partial charge in [0.25, 0.3) is 0 Å². The van der Waals surface area contributed by atoms with Crippen molar-refractivity contribution in [3.05, 3.63) is 12.4 Å². The van der Waals surface area contributed by atoms with Crippen LogP contribution in [-0.2, 0) is 7.05 Å². The highest BCUT2D eigenvalue weighted by molar-refractivity contribution is 5.89. The molecule has 0 spiro atoms. The Morgan fingerprint density at radius 1 is 1.42 bits per heavy atom. The highest BCUT2D eigenvalue weighted by Crippen LogP contribution is 2.07. The summed E-state index contributed by atoms with van der Waals surface area (Å²) in [5.74, 6) is 0.446. The van der Waals surface area contributed by atoms with E-state index < -0.39 is 0 Å². The molecule has 6 heteroatoms. The van der Waals surface area contributed by atoms with Crippen molar-refractivity contribution >= 4 is 11.7 Å². The zero-order chi connectivity index (χ0) is 14.4. The highest BCUT2D eigenvalue weighted by atomic mass is 16.2. The summed E-state index contributed by atoms with van der Waals surface area (Å²) in [7, 11) is 5.84. The summed E-state index contributed by atoms with van der Waals surface area (Å²) in [4.78, 5) is 16.1. The normalized spacial score (nSPS) is 11.1. The lowest BCUT2D eigenvalue weighted by atomic mass is 10.2. The molecule has 0 atom stereocenters. The molecule has 0 aliphatic carbocycles. The number of aryl methyl sites for hydroxylation is 1. The average Bonchev–Trinajstić information content (AvgIpc) is 2.69. The second-order valence-electron chi connectivity index (χ2n) is 5.48. The molecule has 0 aliphatic rings. The maximum atomic E-state index is 12.2. The minimum absolute atomic E-state index is 0.0662. The maximum absolute atomic E-state index is 12.2. The van der Waals surface area contributed by atoms with Gasteiger partial charge in [0.05, 0.1) is 11.9 Å². The molecule has 19 heavy (non-hydrogen) atoms. The molecule has 0 saturated heterocycles. The molecule has 0 radical (unpaired) electrons. The molecule has 6 nitrogen and oxygen atoms in total. The fourth-order valence-corrected chi connectivity index (χ4v) is 1.73. The Balaban J connectivity index is 2.59. The maximum Gasteiger partial charge on any atom is 0.321 e. The third-order valence-corrected chi connectivity index (χ3v) is 2.65. The number of nitrogens with one attached hydrogen (secondary N) is 1. The van der Waals surface area contributed by atoms with Gasteiger partial charge in [0.2, 0.25) is 0 Å². The van der Waals surface area contributed by atoms with Gasteiger partial charge in [-0.05, 0) is 20.0 Å². The number of hydrogen-bond acceptors (Lipinski definition) is 3. The van der Waals surface area contributed by atoms with Crippen LogP contribution in [0.5, 0.6) is 0 Å². The average molecular weight is 267 g/mol. The third-order valence-electron chi connectivity index (χ3n) is 2.65. The van der Waals surface area contributed by atoms with Crippen molar-refractivity contribution < 1.29 is 4.79 Å². The minimum atomic E-state index is -0.0662. The van der Waals surface area contributed by atoms with Gasteiger partial charge < -0.3 is 15.1 Å². The topological polar surface area (TPSA) is 53.4 Å². The Morgan fingerprint density at radius 3 is 2.58 bits per heavy atom. The second kappa shape index (κ2) is 7.13. The molecule has 0 saturated carbocycles. The molecule has 1 rings (SSSR count). The number of likely N-dealkylation sites (N-methyl/N-ethyl adjacent to an activating group) is 1. The molecule has 2 amide bonds. The van der Waals surface area contributed by atoms with E-state index in [-0.39, 0.29) is 6.03 Å². The molecule has 0 unspecified atom stereocenters. The molecule has 0 bridgehead atoms. The van der Waals surface area contributed by atoms with Crippen molar-refractivity contribution in [3.63, 3.8) is 0 Å². The first-order chi connectivity index (χ1) is 8.88. The standard InChI is InChI=1S/C13H25N5O/c1-11(2)9-18(7-6-16(3)4)13(19)15-12-8-14-17(5)10-12/h8,10-11H,6-7,9H2,1-5H3,(H,15,19). The summed E-state index contributed by atoms with van der Waals surface area (Å²) < 4.78 is 1.67. The Labute approximate surface area is 115 Å². The first kappa shape index (κ1) is 15.5. The number of urea groups is 1. The molecule has 0 aliphatic heterocycles. The second-order valence-corrected chi connectivity index (χ2v) is 5.48. The van der Waals surface area contributed by atoms with Crippen LogP contribution in [0, 0.1) is 5.92 Å². The molecule has 0 fully saturated rings. The lowest BCUT2D eigenvalue weighted by Gasteiger charge is -2.26. The lowest BCUT2D eigenvalue weighted by Crippen LogP contribution is -2.41. The number of carbonyl (C=O) groups is 1. The Morgan fingerprint density at radius 2 is 2.11 bits per heavy atom. The SMILES string of the molecule is CC(C)CN(CCN(C)C)C(=O)Nc1cnn(C)c1. The van der Waals surface area contributed by atoms with Crippen molar-refractivity contribution in [1.29, 1.82) is 0 Å². The van der Waals surface area contributed by atoms with Crippen molar-refractivity contribution in [2.45, 2.75) is 13.8 Å². The summed E-state index contributed by atoms with van der Waals surface area (Å²) in [6.07, 6.45) is 3.44. The molecular weight excluding hydrogens is 242 g/mol.